The molecule has 14 heavy (non-hydrogen) atoms. The summed E-state index contributed by atoms with van der Waals surface area (Å²) < 4.78 is 1.17. The fourth-order valence-corrected chi connectivity index (χ4v) is 1.70. The number of halogens is 1. The van der Waals surface area contributed by atoms with Gasteiger partial charge in [-0.1, -0.05) is 19.1 Å². The Labute approximate surface area is 104 Å². The fourth-order valence-electron chi connectivity index (χ4n) is 0.968. The molecule has 0 heterocycles. The maximum atomic E-state index is 5.14. The summed E-state index contributed by atoms with van der Waals surface area (Å²) in [5, 5.41) is 6.97. The molecule has 76 valence electrons. The van der Waals surface area contributed by atoms with Gasteiger partial charge in [0, 0.05) is 10.1 Å². The minimum Gasteiger partial charge on any atom is -0.362 e. The molecule has 0 radical (unpaired) electrons. The summed E-state index contributed by atoms with van der Waals surface area (Å²) in [5.41, 5.74) is 1.06. The molecule has 0 amide bonds. The predicted octanol–water partition coefficient (Wildman–Crippen LogP) is 2.99. The molecule has 2 N–H and O–H groups in total. The highest BCUT2D eigenvalue weighted by atomic mass is 127. The van der Waals surface area contributed by atoms with Crippen molar-refractivity contribution in [2.75, 3.05) is 11.9 Å². The normalized spacial score (nSPS) is 9.57. The molecule has 0 aliphatic heterocycles. The van der Waals surface area contributed by atoms with Crippen molar-refractivity contribution in [3.05, 3.63) is 27.8 Å². The van der Waals surface area contributed by atoms with Crippen LogP contribution in [0.1, 0.15) is 13.3 Å². The molecule has 1 aromatic rings. The molecule has 0 spiro atoms. The van der Waals surface area contributed by atoms with Crippen LogP contribution >= 0.6 is 34.8 Å². The van der Waals surface area contributed by atoms with Gasteiger partial charge < -0.3 is 10.6 Å². The first-order valence-electron chi connectivity index (χ1n) is 4.53. The van der Waals surface area contributed by atoms with Gasteiger partial charge in [0.1, 0.15) is 0 Å². The summed E-state index contributed by atoms with van der Waals surface area (Å²) in [7, 11) is 0. The minimum absolute atomic E-state index is 0.691. The average molecular weight is 320 g/mol. The van der Waals surface area contributed by atoms with Crippen LogP contribution < -0.4 is 10.6 Å². The molecule has 4 heteroatoms. The zero-order valence-corrected chi connectivity index (χ0v) is 11.0. The van der Waals surface area contributed by atoms with Crippen LogP contribution in [0.2, 0.25) is 0 Å². The van der Waals surface area contributed by atoms with Gasteiger partial charge in [-0.3, -0.25) is 0 Å². The summed E-state index contributed by atoms with van der Waals surface area (Å²) in [5.74, 6) is 0. The first-order valence-corrected chi connectivity index (χ1v) is 6.02. The monoisotopic (exact) mass is 320 g/mol. The van der Waals surface area contributed by atoms with Gasteiger partial charge in [-0.25, -0.2) is 0 Å². The van der Waals surface area contributed by atoms with E-state index in [1.807, 2.05) is 24.3 Å². The van der Waals surface area contributed by atoms with Crippen molar-refractivity contribution in [1.29, 1.82) is 0 Å². The second kappa shape index (κ2) is 6.19. The largest absolute Gasteiger partial charge is 0.362 e. The van der Waals surface area contributed by atoms with Crippen LogP contribution in [-0.2, 0) is 0 Å². The van der Waals surface area contributed by atoms with E-state index in [1.165, 1.54) is 3.57 Å². The molecule has 1 aromatic carbocycles. The SMILES string of the molecule is CCCNC(=S)Nc1ccccc1I. The molecule has 0 aromatic heterocycles. The van der Waals surface area contributed by atoms with Crippen LogP contribution in [0.5, 0.6) is 0 Å². The topological polar surface area (TPSA) is 24.1 Å². The van der Waals surface area contributed by atoms with Gasteiger partial charge in [0.2, 0.25) is 0 Å². The van der Waals surface area contributed by atoms with Gasteiger partial charge in [0.05, 0.1) is 5.69 Å². The molecule has 0 atom stereocenters. The Bertz CT molecular complexity index is 315. The fraction of sp³-hybridized carbons (Fsp3) is 0.300. The van der Waals surface area contributed by atoms with E-state index < -0.39 is 0 Å². The Balaban J connectivity index is 2.52. The van der Waals surface area contributed by atoms with Crippen molar-refractivity contribution >= 4 is 45.6 Å². The van der Waals surface area contributed by atoms with Crippen molar-refractivity contribution in [2.24, 2.45) is 0 Å². The molecule has 0 aliphatic rings. The zero-order chi connectivity index (χ0) is 10.4. The Hall–Kier alpha value is -0.360. The van der Waals surface area contributed by atoms with E-state index in [4.69, 9.17) is 12.2 Å². The van der Waals surface area contributed by atoms with Crippen LogP contribution in [0.4, 0.5) is 5.69 Å². The highest BCUT2D eigenvalue weighted by molar-refractivity contribution is 14.1. The minimum atomic E-state index is 0.691. The van der Waals surface area contributed by atoms with Crippen LogP contribution in [0.3, 0.4) is 0 Å². The van der Waals surface area contributed by atoms with E-state index >= 15 is 0 Å². The van der Waals surface area contributed by atoms with Gasteiger partial charge in [-0.05, 0) is 53.4 Å². The number of para-hydroxylation sites is 1. The van der Waals surface area contributed by atoms with Crippen LogP contribution in [0.25, 0.3) is 0 Å². The third-order valence-electron chi connectivity index (χ3n) is 1.66. The van der Waals surface area contributed by atoms with E-state index in [0.29, 0.717) is 5.11 Å². The van der Waals surface area contributed by atoms with Gasteiger partial charge in [-0.2, -0.15) is 0 Å². The number of rotatable bonds is 3. The third kappa shape index (κ3) is 3.79. The Morgan fingerprint density at radius 1 is 1.43 bits per heavy atom. The number of thiocarbonyl (C=S) groups is 1. The molecule has 1 rings (SSSR count). The predicted molar refractivity (Wildman–Crippen MR) is 73.7 cm³/mol. The maximum Gasteiger partial charge on any atom is 0.170 e. The number of anilines is 1. The first kappa shape index (κ1) is 11.7. The van der Waals surface area contributed by atoms with Crippen LogP contribution in [-0.4, -0.2) is 11.7 Å². The number of hydrogen-bond donors (Lipinski definition) is 2. The Morgan fingerprint density at radius 3 is 2.79 bits per heavy atom. The zero-order valence-electron chi connectivity index (χ0n) is 8.01. The van der Waals surface area contributed by atoms with Crippen molar-refractivity contribution < 1.29 is 0 Å². The summed E-state index contributed by atoms with van der Waals surface area (Å²) in [6.45, 7) is 3.02. The standard InChI is InChI=1S/C10H13IN2S/c1-2-7-12-10(14)13-9-6-4-3-5-8(9)11/h3-6H,2,7H2,1H3,(H2,12,13,14). The van der Waals surface area contributed by atoms with Crippen molar-refractivity contribution in [1.82, 2.24) is 5.32 Å². The summed E-state index contributed by atoms with van der Waals surface area (Å²) >= 11 is 7.42. The van der Waals surface area contributed by atoms with Crippen LogP contribution in [0.15, 0.2) is 24.3 Å². The van der Waals surface area contributed by atoms with Gasteiger partial charge in [0.25, 0.3) is 0 Å². The Morgan fingerprint density at radius 2 is 2.14 bits per heavy atom. The molecule has 0 bridgehead atoms. The molecule has 0 aliphatic carbocycles. The lowest BCUT2D eigenvalue weighted by atomic mass is 10.3. The number of nitrogens with one attached hydrogen (secondary N) is 2. The molecular weight excluding hydrogens is 307 g/mol. The smallest absolute Gasteiger partial charge is 0.170 e. The molecule has 0 saturated carbocycles. The molecule has 0 fully saturated rings. The second-order valence-electron chi connectivity index (χ2n) is 2.86. The van der Waals surface area contributed by atoms with Crippen molar-refractivity contribution in [3.8, 4) is 0 Å². The lowest BCUT2D eigenvalue weighted by Crippen LogP contribution is -2.29. The highest BCUT2D eigenvalue weighted by Crippen LogP contribution is 2.16. The quantitative estimate of drug-likeness (QED) is 0.661. The summed E-state index contributed by atoms with van der Waals surface area (Å²) in [6.07, 6.45) is 1.08. The van der Waals surface area contributed by atoms with E-state index in [9.17, 15) is 0 Å². The highest BCUT2D eigenvalue weighted by Gasteiger charge is 1.99. The molecule has 0 unspecified atom stereocenters. The maximum absolute atomic E-state index is 5.14. The van der Waals surface area contributed by atoms with Crippen LogP contribution in [0, 0.1) is 3.57 Å². The average Bonchev–Trinajstić information content (AvgIpc) is 2.18. The van der Waals surface area contributed by atoms with Gasteiger partial charge in [-0.15, -0.1) is 0 Å². The van der Waals surface area contributed by atoms with Crippen molar-refractivity contribution in [2.45, 2.75) is 13.3 Å². The van der Waals surface area contributed by atoms with Crippen molar-refractivity contribution in [3.63, 3.8) is 0 Å². The van der Waals surface area contributed by atoms with E-state index in [0.717, 1.165) is 18.7 Å². The lowest BCUT2D eigenvalue weighted by Gasteiger charge is -2.10. The second-order valence-corrected chi connectivity index (χ2v) is 4.43. The Kier molecular flexibility index (Phi) is 5.17. The van der Waals surface area contributed by atoms with E-state index in [2.05, 4.69) is 40.1 Å². The summed E-state index contributed by atoms with van der Waals surface area (Å²) in [6, 6.07) is 8.06. The lowest BCUT2D eigenvalue weighted by molar-refractivity contribution is 0.846. The van der Waals surface area contributed by atoms with Gasteiger partial charge >= 0.3 is 0 Å². The molecule has 2 nitrogen and oxygen atoms in total. The summed E-state index contributed by atoms with van der Waals surface area (Å²) in [4.78, 5) is 0. The van der Waals surface area contributed by atoms with Gasteiger partial charge in [0.15, 0.2) is 5.11 Å². The number of hydrogen-bond acceptors (Lipinski definition) is 1. The number of benzene rings is 1. The van der Waals surface area contributed by atoms with E-state index in [-0.39, 0.29) is 0 Å². The molecular formula is C10H13IN2S. The first-order chi connectivity index (χ1) is 6.74. The molecule has 0 saturated heterocycles. The van der Waals surface area contributed by atoms with E-state index in [1.54, 1.807) is 0 Å². The third-order valence-corrected chi connectivity index (χ3v) is 2.84.